The molecule has 0 unspecified atom stereocenters. The van der Waals surface area contributed by atoms with Crippen molar-refractivity contribution >= 4 is 5.97 Å². The van der Waals surface area contributed by atoms with E-state index in [2.05, 4.69) is 13.8 Å². The molecule has 16 heavy (non-hydrogen) atoms. The van der Waals surface area contributed by atoms with Gasteiger partial charge in [-0.25, -0.2) is 4.79 Å². The van der Waals surface area contributed by atoms with E-state index in [9.17, 15) is 4.79 Å². The van der Waals surface area contributed by atoms with Gasteiger partial charge in [-0.2, -0.15) is 0 Å². The van der Waals surface area contributed by atoms with Crippen molar-refractivity contribution in [2.24, 2.45) is 0 Å². The van der Waals surface area contributed by atoms with Crippen LogP contribution in [0.25, 0.3) is 0 Å². The van der Waals surface area contributed by atoms with Crippen LogP contribution in [-0.4, -0.2) is 25.3 Å². The summed E-state index contributed by atoms with van der Waals surface area (Å²) >= 11 is 0. The Bertz CT molecular complexity index is 242. The first-order valence-electron chi connectivity index (χ1n) is 5.80. The first kappa shape index (κ1) is 15.2. The predicted molar refractivity (Wildman–Crippen MR) is 65.3 cm³/mol. The Morgan fingerprint density at radius 1 is 1.38 bits per heavy atom. The van der Waals surface area contributed by atoms with Crippen LogP contribution in [0.1, 0.15) is 47.0 Å². The quantitative estimate of drug-likeness (QED) is 0.496. The molecule has 0 heterocycles. The molecule has 0 aromatic rings. The van der Waals surface area contributed by atoms with Gasteiger partial charge in [-0.1, -0.05) is 5.57 Å². The summed E-state index contributed by atoms with van der Waals surface area (Å²) in [4.78, 5) is 11.1. The molecule has 0 aromatic carbocycles. The molecule has 0 bridgehead atoms. The van der Waals surface area contributed by atoms with E-state index in [1.807, 2.05) is 13.8 Å². The van der Waals surface area contributed by atoms with E-state index in [-0.39, 0.29) is 11.6 Å². The van der Waals surface area contributed by atoms with E-state index < -0.39 is 0 Å². The van der Waals surface area contributed by atoms with E-state index >= 15 is 0 Å². The van der Waals surface area contributed by atoms with Crippen LogP contribution in [0, 0.1) is 0 Å². The lowest BCUT2D eigenvalue weighted by atomic mass is 9.99. The highest BCUT2D eigenvalue weighted by Gasteiger charge is 2.15. The fraction of sp³-hybridized carbons (Fsp3) is 0.769. The molecule has 0 atom stereocenters. The smallest absolute Gasteiger partial charge is 0.330 e. The standard InChI is InChI=1S/C13H24O3/c1-6-16-12(14)10-11(2)8-7-9-13(3,4)15-5/h10H,6-9H2,1-5H3. The predicted octanol–water partition coefficient (Wildman–Crippen LogP) is 3.09. The van der Waals surface area contributed by atoms with Gasteiger partial charge in [0.2, 0.25) is 0 Å². The Kier molecular flexibility index (Phi) is 7.06. The molecule has 3 nitrogen and oxygen atoms in total. The van der Waals surface area contributed by atoms with Crippen molar-refractivity contribution < 1.29 is 14.3 Å². The maximum atomic E-state index is 11.1. The number of rotatable bonds is 7. The van der Waals surface area contributed by atoms with Gasteiger partial charge in [-0.05, 0) is 47.0 Å². The van der Waals surface area contributed by atoms with Crippen LogP contribution in [0.5, 0.6) is 0 Å². The Hall–Kier alpha value is -0.830. The van der Waals surface area contributed by atoms with Gasteiger partial charge in [0, 0.05) is 13.2 Å². The van der Waals surface area contributed by atoms with Crippen LogP contribution in [0.4, 0.5) is 0 Å². The molecule has 0 saturated heterocycles. The summed E-state index contributed by atoms with van der Waals surface area (Å²) in [5.41, 5.74) is 0.981. The van der Waals surface area contributed by atoms with Crippen LogP contribution in [0.15, 0.2) is 11.6 Å². The number of allylic oxidation sites excluding steroid dienone is 1. The molecule has 94 valence electrons. The molecule has 3 heteroatoms. The van der Waals surface area contributed by atoms with Crippen molar-refractivity contribution in [3.63, 3.8) is 0 Å². The number of ether oxygens (including phenoxy) is 2. The van der Waals surface area contributed by atoms with Gasteiger partial charge in [0.05, 0.1) is 12.2 Å². The summed E-state index contributed by atoms with van der Waals surface area (Å²) in [5, 5.41) is 0. The lowest BCUT2D eigenvalue weighted by Gasteiger charge is -2.22. The van der Waals surface area contributed by atoms with Crippen molar-refractivity contribution in [1.29, 1.82) is 0 Å². The molecule has 0 aliphatic rings. The zero-order valence-electron chi connectivity index (χ0n) is 11.1. The monoisotopic (exact) mass is 228 g/mol. The fourth-order valence-corrected chi connectivity index (χ4v) is 1.35. The number of hydrogen-bond acceptors (Lipinski definition) is 3. The third-order valence-electron chi connectivity index (χ3n) is 2.55. The average molecular weight is 228 g/mol. The van der Waals surface area contributed by atoms with Gasteiger partial charge in [0.15, 0.2) is 0 Å². The van der Waals surface area contributed by atoms with Crippen LogP contribution < -0.4 is 0 Å². The molecule has 0 amide bonds. The van der Waals surface area contributed by atoms with Crippen molar-refractivity contribution in [1.82, 2.24) is 0 Å². The summed E-state index contributed by atoms with van der Waals surface area (Å²) in [6.45, 7) is 8.33. The summed E-state index contributed by atoms with van der Waals surface area (Å²) in [5.74, 6) is -0.244. The second-order valence-electron chi connectivity index (χ2n) is 4.56. The molecule has 0 aliphatic carbocycles. The minimum absolute atomic E-state index is 0.0792. The highest BCUT2D eigenvalue weighted by molar-refractivity contribution is 5.82. The molecular formula is C13H24O3. The Morgan fingerprint density at radius 2 is 2.00 bits per heavy atom. The molecular weight excluding hydrogens is 204 g/mol. The summed E-state index contributed by atoms with van der Waals surface area (Å²) in [7, 11) is 1.72. The molecule has 0 N–H and O–H groups in total. The first-order chi connectivity index (χ1) is 7.41. The topological polar surface area (TPSA) is 35.5 Å². The number of esters is 1. The third kappa shape index (κ3) is 7.46. The van der Waals surface area contributed by atoms with Crippen LogP contribution in [-0.2, 0) is 14.3 Å². The van der Waals surface area contributed by atoms with Gasteiger partial charge in [-0.15, -0.1) is 0 Å². The Labute approximate surface area is 98.8 Å². The normalized spacial score (nSPS) is 12.7. The van der Waals surface area contributed by atoms with Crippen LogP contribution in [0.3, 0.4) is 0 Å². The van der Waals surface area contributed by atoms with Gasteiger partial charge in [0.25, 0.3) is 0 Å². The maximum Gasteiger partial charge on any atom is 0.330 e. The zero-order valence-corrected chi connectivity index (χ0v) is 11.1. The molecule has 0 aromatic heterocycles. The summed E-state index contributed by atoms with van der Waals surface area (Å²) in [6, 6.07) is 0. The van der Waals surface area contributed by atoms with Crippen molar-refractivity contribution in [3.8, 4) is 0 Å². The molecule has 0 saturated carbocycles. The second kappa shape index (κ2) is 7.44. The Balaban J connectivity index is 3.89. The molecule has 0 spiro atoms. The average Bonchev–Trinajstić information content (AvgIpc) is 2.17. The minimum Gasteiger partial charge on any atom is -0.463 e. The van der Waals surface area contributed by atoms with Gasteiger partial charge >= 0.3 is 5.97 Å². The van der Waals surface area contributed by atoms with E-state index in [1.54, 1.807) is 13.2 Å². The van der Waals surface area contributed by atoms with Crippen molar-refractivity contribution in [2.45, 2.75) is 52.6 Å². The molecule has 0 fully saturated rings. The lowest BCUT2D eigenvalue weighted by molar-refractivity contribution is -0.137. The van der Waals surface area contributed by atoms with E-state index in [0.717, 1.165) is 24.8 Å². The number of carbonyl (C=O) groups is 1. The van der Waals surface area contributed by atoms with E-state index in [0.29, 0.717) is 6.61 Å². The third-order valence-corrected chi connectivity index (χ3v) is 2.55. The highest BCUT2D eigenvalue weighted by atomic mass is 16.5. The minimum atomic E-state index is -0.244. The zero-order chi connectivity index (χ0) is 12.6. The highest BCUT2D eigenvalue weighted by Crippen LogP contribution is 2.18. The largest absolute Gasteiger partial charge is 0.463 e. The Morgan fingerprint density at radius 3 is 2.50 bits per heavy atom. The fourth-order valence-electron chi connectivity index (χ4n) is 1.35. The van der Waals surface area contributed by atoms with E-state index in [4.69, 9.17) is 9.47 Å². The summed E-state index contributed by atoms with van der Waals surface area (Å²) in [6.07, 6.45) is 4.48. The van der Waals surface area contributed by atoms with Crippen molar-refractivity contribution in [2.75, 3.05) is 13.7 Å². The molecule has 0 aliphatic heterocycles. The SMILES string of the molecule is CCOC(=O)C=C(C)CCCC(C)(C)OC. The van der Waals surface area contributed by atoms with Gasteiger partial charge in [0.1, 0.15) is 0 Å². The number of carbonyl (C=O) groups excluding carboxylic acids is 1. The summed E-state index contributed by atoms with van der Waals surface area (Å²) < 4.78 is 10.2. The maximum absolute atomic E-state index is 11.1. The molecule has 0 rings (SSSR count). The second-order valence-corrected chi connectivity index (χ2v) is 4.56. The van der Waals surface area contributed by atoms with Crippen LogP contribution in [0.2, 0.25) is 0 Å². The van der Waals surface area contributed by atoms with Crippen LogP contribution >= 0.6 is 0 Å². The number of hydrogen-bond donors (Lipinski definition) is 0. The van der Waals surface area contributed by atoms with E-state index in [1.165, 1.54) is 0 Å². The molecule has 0 radical (unpaired) electrons. The first-order valence-corrected chi connectivity index (χ1v) is 5.80. The van der Waals surface area contributed by atoms with Crippen molar-refractivity contribution in [3.05, 3.63) is 11.6 Å². The lowest BCUT2D eigenvalue weighted by Crippen LogP contribution is -2.21. The number of methoxy groups -OCH3 is 1. The van der Waals surface area contributed by atoms with Gasteiger partial charge in [-0.3, -0.25) is 0 Å². The van der Waals surface area contributed by atoms with Gasteiger partial charge < -0.3 is 9.47 Å².